The van der Waals surface area contributed by atoms with Gasteiger partial charge >= 0.3 is 5.97 Å². The summed E-state index contributed by atoms with van der Waals surface area (Å²) in [4.78, 5) is 80.4. The van der Waals surface area contributed by atoms with Crippen LogP contribution in [0.4, 0.5) is 0 Å². The lowest BCUT2D eigenvalue weighted by molar-refractivity contribution is -0.155. The summed E-state index contributed by atoms with van der Waals surface area (Å²) in [6.45, 7) is 19.4. The average Bonchev–Trinajstić information content (AvgIpc) is 3.99. The molecule has 4 aliphatic heterocycles. The van der Waals surface area contributed by atoms with E-state index in [1.165, 1.54) is 21.6 Å². The Hall–Kier alpha value is -6.16. The third-order valence-electron chi connectivity index (χ3n) is 15.2. The highest BCUT2D eigenvalue weighted by atomic mass is 16.5. The first kappa shape index (κ1) is 52.2. The molecule has 384 valence electrons. The molecule has 6 heterocycles. The van der Waals surface area contributed by atoms with E-state index in [2.05, 4.69) is 97.1 Å². The first-order valence-electron chi connectivity index (χ1n) is 25.8. The Morgan fingerprint density at radius 1 is 1.04 bits per heavy atom. The molecule has 15 nitrogen and oxygen atoms in total. The van der Waals surface area contributed by atoms with E-state index in [-0.39, 0.29) is 43.4 Å². The zero-order valence-electron chi connectivity index (χ0n) is 43.8. The number of methoxy groups -OCH3 is 1. The van der Waals surface area contributed by atoms with E-state index >= 15 is 0 Å². The van der Waals surface area contributed by atoms with Crippen LogP contribution in [0.25, 0.3) is 38.9 Å². The van der Waals surface area contributed by atoms with Crippen LogP contribution in [0, 0.1) is 17.3 Å². The van der Waals surface area contributed by atoms with Gasteiger partial charge in [0.1, 0.15) is 18.1 Å². The molecule has 72 heavy (non-hydrogen) atoms. The number of hydrogen-bond donors (Lipinski definition) is 2. The van der Waals surface area contributed by atoms with Crippen molar-refractivity contribution in [1.29, 1.82) is 0 Å². The number of benzene rings is 2. The molecule has 4 aromatic rings. The number of ether oxygens (including phenoxy) is 2. The number of esters is 1. The van der Waals surface area contributed by atoms with E-state index in [0.717, 1.165) is 75.2 Å². The molecule has 2 N–H and O–H groups in total. The van der Waals surface area contributed by atoms with Crippen molar-refractivity contribution in [3.05, 3.63) is 95.8 Å². The van der Waals surface area contributed by atoms with Crippen molar-refractivity contribution in [2.75, 3.05) is 60.5 Å². The van der Waals surface area contributed by atoms with Crippen LogP contribution >= 0.6 is 0 Å². The van der Waals surface area contributed by atoms with E-state index in [1.807, 2.05) is 39.1 Å². The number of carbonyl (C=O) groups excluding carboxylic acids is 5. The molecule has 2 aromatic heterocycles. The predicted octanol–water partition coefficient (Wildman–Crippen LogP) is 6.98. The third-order valence-corrected chi connectivity index (χ3v) is 15.2. The van der Waals surface area contributed by atoms with Gasteiger partial charge in [-0.1, -0.05) is 70.7 Å². The molecule has 0 spiro atoms. The lowest BCUT2D eigenvalue weighted by Crippen LogP contribution is -2.62. The molecular formula is C57H74N8O7. The SMILES string of the molecule is C=CC(=O)N1CC[C@H](C(=O)N(C)[C@H](C(=O)N[C@H]2Cc3cccc(c3)-c3ccc4c(c3)c(c(-c3cc(C5=CCN(C)CC5)cnc3[C@H](C)OC)n4CC)CC(C)(C)COC(=O)[C@@H]3CCCN(N3)C2=O)C(C)C)C1. The summed E-state index contributed by atoms with van der Waals surface area (Å²) in [5.41, 5.74) is 12.9. The summed E-state index contributed by atoms with van der Waals surface area (Å²) in [5, 5.41) is 5.61. The molecule has 6 bridgehead atoms. The summed E-state index contributed by atoms with van der Waals surface area (Å²) in [7, 11) is 5.47. The minimum Gasteiger partial charge on any atom is -0.464 e. The lowest BCUT2D eigenvalue weighted by atomic mass is 9.83. The fourth-order valence-electron chi connectivity index (χ4n) is 11.1. The normalized spacial score (nSPS) is 21.7. The van der Waals surface area contributed by atoms with E-state index in [1.54, 1.807) is 19.1 Å². The second-order valence-corrected chi connectivity index (χ2v) is 21.4. The summed E-state index contributed by atoms with van der Waals surface area (Å²) in [6, 6.07) is 14.2. The van der Waals surface area contributed by atoms with Gasteiger partial charge in [0.2, 0.25) is 17.7 Å². The summed E-state index contributed by atoms with van der Waals surface area (Å²) >= 11 is 0. The molecule has 0 radical (unpaired) electrons. The quantitative estimate of drug-likeness (QED) is 0.119. The standard InChI is InChI=1S/C57H74N8O7/c1-11-49(66)63-26-22-41(33-63)54(68)62(9)51(35(3)4)53(67)59-47-28-37-15-13-16-39(27-37)40-18-19-48-43(29-40)45(31-57(6,7)34-72-56(70)46-17-14-23-65(60-46)55(47)69)52(64(48)12-2)44-30-42(32-58-50(44)36(5)71-10)38-20-24-61(8)25-21-38/h11,13,15-16,18-20,27,29-30,32,35-36,41,46-47,51,60H,1,12,14,17,21-26,28,31,33-34H2,2-10H3,(H,59,67)/t36-,41-,46-,47-,51-/m0/s1. The Balaban J connectivity index is 1.21. The molecule has 2 saturated heterocycles. The fraction of sp³-hybridized carbons (Fsp3) is 0.509. The van der Waals surface area contributed by atoms with Crippen LogP contribution in [0.5, 0.6) is 0 Å². The number of aryl methyl sites for hydroxylation is 1. The van der Waals surface area contributed by atoms with Gasteiger partial charge in [0.05, 0.1) is 30.0 Å². The van der Waals surface area contributed by atoms with Gasteiger partial charge < -0.3 is 34.1 Å². The molecular weight excluding hydrogens is 909 g/mol. The molecule has 15 heteroatoms. The number of amides is 4. The number of hydrogen-bond acceptors (Lipinski definition) is 10. The largest absolute Gasteiger partial charge is 0.464 e. The van der Waals surface area contributed by atoms with Gasteiger partial charge in [-0.25, -0.2) is 5.43 Å². The molecule has 8 rings (SSSR count). The number of likely N-dealkylation sites (N-methyl/N-ethyl adjacent to an activating group) is 2. The Morgan fingerprint density at radius 2 is 1.82 bits per heavy atom. The zero-order chi connectivity index (χ0) is 51.6. The average molecular weight is 983 g/mol. The van der Waals surface area contributed by atoms with Gasteiger partial charge in [-0.2, -0.15) is 0 Å². The number of pyridine rings is 1. The maximum Gasteiger partial charge on any atom is 0.324 e. The summed E-state index contributed by atoms with van der Waals surface area (Å²) in [6.07, 6.45) is 8.38. The second-order valence-electron chi connectivity index (χ2n) is 21.4. The van der Waals surface area contributed by atoms with Crippen LogP contribution in [0.2, 0.25) is 0 Å². The minimum absolute atomic E-state index is 0.128. The van der Waals surface area contributed by atoms with Crippen LogP contribution in [0.1, 0.15) is 95.7 Å². The fourth-order valence-corrected chi connectivity index (χ4v) is 11.1. The monoisotopic (exact) mass is 983 g/mol. The topological polar surface area (TPSA) is 159 Å². The van der Waals surface area contributed by atoms with E-state index in [0.29, 0.717) is 45.3 Å². The maximum atomic E-state index is 14.8. The number of nitrogens with one attached hydrogen (secondary N) is 2. The molecule has 2 aromatic carbocycles. The molecule has 2 fully saturated rings. The number of carbonyl (C=O) groups is 5. The van der Waals surface area contributed by atoms with Crippen molar-refractivity contribution in [2.24, 2.45) is 17.3 Å². The van der Waals surface area contributed by atoms with Crippen LogP contribution in [0.15, 0.2) is 73.5 Å². The Morgan fingerprint density at radius 3 is 2.53 bits per heavy atom. The Bertz CT molecular complexity index is 2760. The van der Waals surface area contributed by atoms with Gasteiger partial charge in [0, 0.05) is 87.9 Å². The number of likely N-dealkylation sites (tertiary alicyclic amines) is 1. The number of rotatable bonds is 11. The first-order valence-corrected chi connectivity index (χ1v) is 25.8. The first-order chi connectivity index (χ1) is 34.4. The van der Waals surface area contributed by atoms with E-state index < -0.39 is 47.2 Å². The van der Waals surface area contributed by atoms with E-state index in [9.17, 15) is 24.0 Å². The smallest absolute Gasteiger partial charge is 0.324 e. The van der Waals surface area contributed by atoms with Gasteiger partial charge in [0.25, 0.3) is 5.91 Å². The van der Waals surface area contributed by atoms with Crippen molar-refractivity contribution in [3.63, 3.8) is 0 Å². The van der Waals surface area contributed by atoms with Crippen molar-refractivity contribution in [1.82, 2.24) is 40.0 Å². The molecule has 4 aliphatic rings. The number of cyclic esters (lactones) is 1. The van der Waals surface area contributed by atoms with Crippen LogP contribution in [-0.2, 0) is 52.8 Å². The molecule has 0 unspecified atom stereocenters. The second kappa shape index (κ2) is 21.9. The van der Waals surface area contributed by atoms with Crippen molar-refractivity contribution < 1.29 is 33.4 Å². The summed E-state index contributed by atoms with van der Waals surface area (Å²) in [5.74, 6) is -2.57. The molecule has 4 amide bonds. The maximum absolute atomic E-state index is 14.8. The van der Waals surface area contributed by atoms with Crippen molar-refractivity contribution in [2.45, 2.75) is 111 Å². The predicted molar refractivity (Wildman–Crippen MR) is 280 cm³/mol. The lowest BCUT2D eigenvalue weighted by Gasteiger charge is -2.37. The molecule has 5 atom stereocenters. The van der Waals surface area contributed by atoms with E-state index in [4.69, 9.17) is 14.5 Å². The molecule has 0 saturated carbocycles. The minimum atomic E-state index is -1.06. The highest BCUT2D eigenvalue weighted by molar-refractivity contribution is 5.96. The number of nitrogens with zero attached hydrogens (tertiary/aromatic N) is 6. The van der Waals surface area contributed by atoms with Crippen LogP contribution in [-0.4, -0.2) is 138 Å². The van der Waals surface area contributed by atoms with Gasteiger partial charge in [-0.3, -0.25) is 34.0 Å². The van der Waals surface area contributed by atoms with Gasteiger partial charge in [0.15, 0.2) is 0 Å². The molecule has 0 aliphatic carbocycles. The Labute approximate surface area is 424 Å². The highest BCUT2D eigenvalue weighted by Gasteiger charge is 2.40. The van der Waals surface area contributed by atoms with Crippen LogP contribution in [0.3, 0.4) is 0 Å². The zero-order valence-corrected chi connectivity index (χ0v) is 43.8. The highest BCUT2D eigenvalue weighted by Crippen LogP contribution is 2.43. The number of aromatic nitrogens is 2. The van der Waals surface area contributed by atoms with Gasteiger partial charge in [-0.05, 0) is 117 Å². The van der Waals surface area contributed by atoms with Crippen molar-refractivity contribution >= 4 is 46.1 Å². The van der Waals surface area contributed by atoms with Crippen LogP contribution < -0.4 is 10.7 Å². The summed E-state index contributed by atoms with van der Waals surface area (Å²) < 4.78 is 14.6. The number of fused-ring (bicyclic) bond motifs is 6. The van der Waals surface area contributed by atoms with Crippen molar-refractivity contribution in [3.8, 4) is 22.4 Å². The Kier molecular flexibility index (Phi) is 15.9. The van der Waals surface area contributed by atoms with Gasteiger partial charge in [-0.15, -0.1) is 0 Å². The number of hydrazine groups is 1. The third kappa shape index (κ3) is 10.9.